The number of ketones is 1. The van der Waals surface area contributed by atoms with Crippen molar-refractivity contribution in [3.05, 3.63) is 82.7 Å². The molecule has 0 fully saturated rings. The van der Waals surface area contributed by atoms with Crippen LogP contribution < -0.4 is 5.56 Å². The molecule has 0 saturated carbocycles. The van der Waals surface area contributed by atoms with Crippen LogP contribution in [0.5, 0.6) is 0 Å². The van der Waals surface area contributed by atoms with Gasteiger partial charge >= 0.3 is 0 Å². The highest BCUT2D eigenvalue weighted by atomic mass is 32.2. The minimum atomic E-state index is -0.108. The maximum atomic E-state index is 12.8. The molecule has 0 aliphatic heterocycles. The highest BCUT2D eigenvalue weighted by molar-refractivity contribution is 7.99. The van der Waals surface area contributed by atoms with Crippen LogP contribution in [0.2, 0.25) is 0 Å². The van der Waals surface area contributed by atoms with Crippen molar-refractivity contribution in [2.24, 2.45) is 0 Å². The van der Waals surface area contributed by atoms with Crippen LogP contribution >= 0.6 is 11.8 Å². The monoisotopic (exact) mass is 350 g/mol. The van der Waals surface area contributed by atoms with Gasteiger partial charge < -0.3 is 0 Å². The van der Waals surface area contributed by atoms with Crippen molar-refractivity contribution in [1.82, 2.24) is 9.55 Å². The van der Waals surface area contributed by atoms with Gasteiger partial charge in [0.25, 0.3) is 5.56 Å². The molecule has 0 bridgehead atoms. The van der Waals surface area contributed by atoms with Crippen LogP contribution in [0.15, 0.2) is 76.7 Å². The molecule has 5 heteroatoms. The fourth-order valence-corrected chi connectivity index (χ4v) is 3.40. The minimum Gasteiger partial charge on any atom is -0.293 e. The molecule has 0 aliphatic rings. The van der Waals surface area contributed by atoms with Gasteiger partial charge in [0, 0.05) is 12.1 Å². The fraction of sp³-hybridized carbons (Fsp3) is 0.150. The van der Waals surface area contributed by atoms with E-state index in [9.17, 15) is 9.59 Å². The van der Waals surface area contributed by atoms with Crippen LogP contribution in [0.1, 0.15) is 17.3 Å². The summed E-state index contributed by atoms with van der Waals surface area (Å²) in [7, 11) is 0. The summed E-state index contributed by atoms with van der Waals surface area (Å²) in [4.78, 5) is 29.7. The van der Waals surface area contributed by atoms with Crippen molar-refractivity contribution in [3.63, 3.8) is 0 Å². The molecule has 3 aromatic rings. The molecule has 1 aromatic heterocycles. The fourth-order valence-electron chi connectivity index (χ4n) is 2.50. The highest BCUT2D eigenvalue weighted by Crippen LogP contribution is 2.20. The van der Waals surface area contributed by atoms with Crippen LogP contribution in [-0.4, -0.2) is 21.1 Å². The maximum absolute atomic E-state index is 12.8. The first-order valence-electron chi connectivity index (χ1n) is 7.91. The number of nitrogens with zero attached hydrogens (tertiary/aromatic N) is 2. The van der Waals surface area contributed by atoms with Crippen LogP contribution in [-0.2, 0) is 6.54 Å². The smallest absolute Gasteiger partial charge is 0.262 e. The molecule has 0 saturated heterocycles. The molecular formula is C20H18N2O2S. The Morgan fingerprint density at radius 3 is 2.52 bits per heavy atom. The lowest BCUT2D eigenvalue weighted by Crippen LogP contribution is -2.24. The van der Waals surface area contributed by atoms with Gasteiger partial charge in [-0.2, -0.15) is 0 Å². The summed E-state index contributed by atoms with van der Waals surface area (Å²) in [5.74, 6) is 0.236. The quantitative estimate of drug-likeness (QED) is 0.292. The van der Waals surface area contributed by atoms with E-state index in [1.807, 2.05) is 43.3 Å². The van der Waals surface area contributed by atoms with E-state index in [1.165, 1.54) is 11.8 Å². The number of para-hydroxylation sites is 1. The third-order valence-electron chi connectivity index (χ3n) is 3.68. The van der Waals surface area contributed by atoms with Gasteiger partial charge in [-0.1, -0.05) is 66.4 Å². The average Bonchev–Trinajstić information content (AvgIpc) is 2.63. The van der Waals surface area contributed by atoms with Crippen molar-refractivity contribution in [2.75, 3.05) is 5.75 Å². The van der Waals surface area contributed by atoms with Gasteiger partial charge in [-0.05, 0) is 19.1 Å². The molecule has 2 aromatic carbocycles. The molecule has 0 atom stereocenters. The molecule has 3 rings (SSSR count). The first-order valence-corrected chi connectivity index (χ1v) is 8.90. The van der Waals surface area contributed by atoms with E-state index in [1.54, 1.807) is 22.8 Å². The summed E-state index contributed by atoms with van der Waals surface area (Å²) in [5.41, 5.74) is 2.04. The Hall–Kier alpha value is -2.66. The van der Waals surface area contributed by atoms with Crippen LogP contribution in [0.25, 0.3) is 10.9 Å². The first-order chi connectivity index (χ1) is 12.1. The molecule has 25 heavy (non-hydrogen) atoms. The predicted octanol–water partition coefficient (Wildman–Crippen LogP) is 3.95. The number of allylic oxidation sites excluding steroid dienone is 1. The van der Waals surface area contributed by atoms with Gasteiger partial charge in [-0.3, -0.25) is 14.2 Å². The van der Waals surface area contributed by atoms with E-state index in [-0.39, 0.29) is 17.1 Å². The Kier molecular flexibility index (Phi) is 5.14. The lowest BCUT2D eigenvalue weighted by Gasteiger charge is -2.12. The molecular weight excluding hydrogens is 332 g/mol. The summed E-state index contributed by atoms with van der Waals surface area (Å²) in [6, 6.07) is 16.4. The summed E-state index contributed by atoms with van der Waals surface area (Å²) in [5, 5.41) is 1.11. The Bertz CT molecular complexity index is 993. The van der Waals surface area contributed by atoms with Gasteiger partial charge in [-0.25, -0.2) is 4.98 Å². The van der Waals surface area contributed by atoms with Gasteiger partial charge in [-0.15, -0.1) is 0 Å². The third kappa shape index (κ3) is 3.88. The second kappa shape index (κ2) is 7.49. The zero-order valence-electron chi connectivity index (χ0n) is 13.9. The molecule has 126 valence electrons. The minimum absolute atomic E-state index is 0.00915. The molecule has 4 nitrogen and oxygen atoms in total. The van der Waals surface area contributed by atoms with Crippen molar-refractivity contribution in [1.29, 1.82) is 0 Å². The SMILES string of the molecule is C=C(C)Cn1c(SCC(=O)c2ccccc2)nc2ccccc2c1=O. The van der Waals surface area contributed by atoms with Gasteiger partial charge in [0.15, 0.2) is 10.9 Å². The van der Waals surface area contributed by atoms with Crippen molar-refractivity contribution >= 4 is 28.4 Å². The Balaban J connectivity index is 1.95. The molecule has 0 aliphatic carbocycles. The van der Waals surface area contributed by atoms with Gasteiger partial charge in [0.05, 0.1) is 16.7 Å². The molecule has 0 spiro atoms. The maximum Gasteiger partial charge on any atom is 0.262 e. The number of hydrogen-bond donors (Lipinski definition) is 0. The molecule has 0 amide bonds. The largest absolute Gasteiger partial charge is 0.293 e. The molecule has 0 radical (unpaired) electrons. The number of thioether (sulfide) groups is 1. The topological polar surface area (TPSA) is 52.0 Å². The normalized spacial score (nSPS) is 10.8. The second-order valence-electron chi connectivity index (χ2n) is 5.84. The number of fused-ring (bicyclic) bond motifs is 1. The lowest BCUT2D eigenvalue weighted by atomic mass is 10.2. The van der Waals surface area contributed by atoms with E-state index in [0.717, 1.165) is 5.57 Å². The predicted molar refractivity (Wildman–Crippen MR) is 102 cm³/mol. The summed E-state index contributed by atoms with van der Waals surface area (Å²) >= 11 is 1.28. The van der Waals surface area contributed by atoms with Crippen LogP contribution in [0.3, 0.4) is 0 Å². The summed E-state index contributed by atoms with van der Waals surface area (Å²) in [6.07, 6.45) is 0. The zero-order chi connectivity index (χ0) is 17.8. The number of aromatic nitrogens is 2. The van der Waals surface area contributed by atoms with Crippen LogP contribution in [0, 0.1) is 0 Å². The van der Waals surface area contributed by atoms with E-state index in [2.05, 4.69) is 11.6 Å². The van der Waals surface area contributed by atoms with E-state index >= 15 is 0 Å². The first kappa shape index (κ1) is 17.2. The summed E-state index contributed by atoms with van der Waals surface area (Å²) in [6.45, 7) is 6.15. The summed E-state index contributed by atoms with van der Waals surface area (Å²) < 4.78 is 1.59. The number of hydrogen-bond acceptors (Lipinski definition) is 4. The third-order valence-corrected chi connectivity index (χ3v) is 4.66. The Morgan fingerprint density at radius 1 is 1.12 bits per heavy atom. The number of carbonyl (C=O) groups is 1. The van der Waals surface area contributed by atoms with Crippen molar-refractivity contribution in [3.8, 4) is 0 Å². The van der Waals surface area contributed by atoms with Gasteiger partial charge in [0.2, 0.25) is 0 Å². The molecule has 0 N–H and O–H groups in total. The Morgan fingerprint density at radius 2 is 1.80 bits per heavy atom. The van der Waals surface area contributed by atoms with Crippen molar-refractivity contribution < 1.29 is 4.79 Å². The molecule has 0 unspecified atom stereocenters. The average molecular weight is 350 g/mol. The zero-order valence-corrected chi connectivity index (χ0v) is 14.8. The highest BCUT2D eigenvalue weighted by Gasteiger charge is 2.14. The number of Topliss-reactive ketones (excluding diaryl/α,β-unsaturated/α-hetero) is 1. The number of rotatable bonds is 6. The number of carbonyl (C=O) groups excluding carboxylic acids is 1. The molecule has 1 heterocycles. The van der Waals surface area contributed by atoms with Crippen molar-refractivity contribution in [2.45, 2.75) is 18.6 Å². The lowest BCUT2D eigenvalue weighted by molar-refractivity contribution is 0.102. The number of benzene rings is 2. The Labute approximate surface area is 150 Å². The van der Waals surface area contributed by atoms with E-state index in [0.29, 0.717) is 28.2 Å². The van der Waals surface area contributed by atoms with E-state index in [4.69, 9.17) is 0 Å². The standard InChI is InChI=1S/C20H18N2O2S/c1-14(2)12-22-19(24)16-10-6-7-11-17(16)21-20(22)25-13-18(23)15-8-4-3-5-9-15/h3-11H,1,12-13H2,2H3. The van der Waals surface area contributed by atoms with E-state index < -0.39 is 0 Å². The second-order valence-corrected chi connectivity index (χ2v) is 6.78. The van der Waals surface area contributed by atoms with Crippen LogP contribution in [0.4, 0.5) is 0 Å². The van der Waals surface area contributed by atoms with Gasteiger partial charge in [0.1, 0.15) is 0 Å².